The molecular weight excluding hydrogens is 260 g/mol. The highest BCUT2D eigenvalue weighted by molar-refractivity contribution is 5.63. The standard InChI is InChI=1S/C17H18N4/c18-11-6-12-21(14-7-2-1-3-8-14)17-15-9-4-5-10-16(15)19-13-20-17/h1-3,7-8,13H,4-6,9-10,12H2. The van der Waals surface area contributed by atoms with Gasteiger partial charge in [-0.25, -0.2) is 9.97 Å². The van der Waals surface area contributed by atoms with E-state index in [2.05, 4.69) is 33.1 Å². The van der Waals surface area contributed by atoms with Crippen LogP contribution in [-0.4, -0.2) is 16.5 Å². The third-order valence-corrected chi connectivity index (χ3v) is 3.87. The second kappa shape index (κ2) is 6.36. The summed E-state index contributed by atoms with van der Waals surface area (Å²) < 4.78 is 0. The maximum Gasteiger partial charge on any atom is 0.139 e. The molecule has 4 nitrogen and oxygen atoms in total. The van der Waals surface area contributed by atoms with Crippen LogP contribution in [0.1, 0.15) is 30.5 Å². The topological polar surface area (TPSA) is 52.8 Å². The van der Waals surface area contributed by atoms with E-state index in [1.165, 1.54) is 24.1 Å². The van der Waals surface area contributed by atoms with Gasteiger partial charge in [-0.15, -0.1) is 0 Å². The van der Waals surface area contributed by atoms with Crippen molar-refractivity contribution in [2.45, 2.75) is 32.1 Å². The van der Waals surface area contributed by atoms with Gasteiger partial charge in [-0.3, -0.25) is 0 Å². The summed E-state index contributed by atoms with van der Waals surface area (Å²) >= 11 is 0. The first kappa shape index (κ1) is 13.6. The minimum Gasteiger partial charge on any atom is -0.325 e. The summed E-state index contributed by atoms with van der Waals surface area (Å²) in [6.07, 6.45) is 6.59. The molecule has 3 rings (SSSR count). The summed E-state index contributed by atoms with van der Waals surface area (Å²) in [7, 11) is 0. The maximum absolute atomic E-state index is 8.94. The molecular formula is C17H18N4. The Morgan fingerprint density at radius 3 is 2.71 bits per heavy atom. The summed E-state index contributed by atoms with van der Waals surface area (Å²) in [5.74, 6) is 0.973. The van der Waals surface area contributed by atoms with Crippen LogP contribution in [0.15, 0.2) is 36.7 Å². The Morgan fingerprint density at radius 1 is 1.10 bits per heavy atom. The maximum atomic E-state index is 8.94. The Labute approximate surface area is 125 Å². The molecule has 1 aromatic heterocycles. The van der Waals surface area contributed by atoms with E-state index >= 15 is 0 Å². The lowest BCUT2D eigenvalue weighted by Gasteiger charge is -2.27. The lowest BCUT2D eigenvalue weighted by atomic mass is 9.96. The molecule has 0 N–H and O–H groups in total. The molecule has 0 spiro atoms. The van der Waals surface area contributed by atoms with Gasteiger partial charge in [0.05, 0.1) is 12.5 Å². The average molecular weight is 278 g/mol. The molecule has 1 aliphatic carbocycles. The van der Waals surface area contributed by atoms with Crippen molar-refractivity contribution in [2.75, 3.05) is 11.4 Å². The fourth-order valence-electron chi connectivity index (χ4n) is 2.86. The Balaban J connectivity index is 2.03. The van der Waals surface area contributed by atoms with E-state index in [1.54, 1.807) is 6.33 Å². The van der Waals surface area contributed by atoms with Crippen LogP contribution >= 0.6 is 0 Å². The zero-order valence-electron chi connectivity index (χ0n) is 12.0. The summed E-state index contributed by atoms with van der Waals surface area (Å²) in [6.45, 7) is 0.657. The minimum absolute atomic E-state index is 0.480. The molecule has 0 saturated heterocycles. The third kappa shape index (κ3) is 2.87. The quantitative estimate of drug-likeness (QED) is 0.860. The number of aromatic nitrogens is 2. The highest BCUT2D eigenvalue weighted by Crippen LogP contribution is 2.31. The Kier molecular flexibility index (Phi) is 4.11. The largest absolute Gasteiger partial charge is 0.325 e. The lowest BCUT2D eigenvalue weighted by Crippen LogP contribution is -2.23. The number of anilines is 2. The van der Waals surface area contributed by atoms with Crippen LogP contribution in [0.5, 0.6) is 0 Å². The molecule has 1 aliphatic rings. The Hall–Kier alpha value is -2.41. The fourth-order valence-corrected chi connectivity index (χ4v) is 2.86. The number of hydrogen-bond donors (Lipinski definition) is 0. The number of benzene rings is 1. The third-order valence-electron chi connectivity index (χ3n) is 3.87. The van der Waals surface area contributed by atoms with Crippen LogP contribution in [0.4, 0.5) is 11.5 Å². The van der Waals surface area contributed by atoms with Gasteiger partial charge < -0.3 is 4.90 Å². The molecule has 0 fully saturated rings. The predicted molar refractivity (Wildman–Crippen MR) is 82.4 cm³/mol. The first-order valence-electron chi connectivity index (χ1n) is 7.42. The highest BCUT2D eigenvalue weighted by Gasteiger charge is 2.20. The van der Waals surface area contributed by atoms with E-state index < -0.39 is 0 Å². The van der Waals surface area contributed by atoms with Gasteiger partial charge >= 0.3 is 0 Å². The summed E-state index contributed by atoms with van der Waals surface area (Å²) in [4.78, 5) is 11.1. The van der Waals surface area contributed by atoms with Gasteiger partial charge in [0, 0.05) is 23.5 Å². The average Bonchev–Trinajstić information content (AvgIpc) is 2.56. The molecule has 0 amide bonds. The monoisotopic (exact) mass is 278 g/mol. The number of hydrogen-bond acceptors (Lipinski definition) is 4. The molecule has 1 heterocycles. The molecule has 0 saturated carbocycles. The molecule has 0 radical (unpaired) electrons. The van der Waals surface area contributed by atoms with Gasteiger partial charge in [-0.1, -0.05) is 18.2 Å². The van der Waals surface area contributed by atoms with Crippen LogP contribution in [0.3, 0.4) is 0 Å². The molecule has 4 heteroatoms. The van der Waals surface area contributed by atoms with Crippen LogP contribution in [-0.2, 0) is 12.8 Å². The van der Waals surface area contributed by atoms with Crippen LogP contribution < -0.4 is 4.90 Å². The fraction of sp³-hybridized carbons (Fsp3) is 0.353. The number of rotatable bonds is 4. The predicted octanol–water partition coefficient (Wildman–Crippen LogP) is 3.41. The SMILES string of the molecule is N#CCCN(c1ccccc1)c1ncnc2c1CCCC2. The van der Waals surface area contributed by atoms with Crippen molar-refractivity contribution < 1.29 is 0 Å². The van der Waals surface area contributed by atoms with Crippen molar-refractivity contribution in [1.29, 1.82) is 5.26 Å². The van der Waals surface area contributed by atoms with E-state index in [9.17, 15) is 0 Å². The van der Waals surface area contributed by atoms with Crippen LogP contribution in [0.25, 0.3) is 0 Å². The number of nitrogens with zero attached hydrogens (tertiary/aromatic N) is 4. The molecule has 0 bridgehead atoms. The van der Waals surface area contributed by atoms with Crippen molar-refractivity contribution in [3.63, 3.8) is 0 Å². The smallest absolute Gasteiger partial charge is 0.139 e. The second-order valence-corrected chi connectivity index (χ2v) is 5.22. The van der Waals surface area contributed by atoms with Gasteiger partial charge in [-0.2, -0.15) is 5.26 Å². The zero-order valence-corrected chi connectivity index (χ0v) is 12.0. The lowest BCUT2D eigenvalue weighted by molar-refractivity contribution is 0.660. The zero-order chi connectivity index (χ0) is 14.5. The highest BCUT2D eigenvalue weighted by atomic mass is 15.2. The van der Waals surface area contributed by atoms with Crippen molar-refractivity contribution in [3.05, 3.63) is 47.9 Å². The van der Waals surface area contributed by atoms with E-state index in [4.69, 9.17) is 5.26 Å². The van der Waals surface area contributed by atoms with E-state index in [1.807, 2.05) is 18.2 Å². The van der Waals surface area contributed by atoms with Crippen molar-refractivity contribution in [1.82, 2.24) is 9.97 Å². The number of aryl methyl sites for hydroxylation is 1. The normalized spacial score (nSPS) is 13.3. The van der Waals surface area contributed by atoms with E-state index in [0.717, 1.165) is 24.3 Å². The van der Waals surface area contributed by atoms with Gasteiger partial charge in [-0.05, 0) is 37.8 Å². The molecule has 21 heavy (non-hydrogen) atoms. The summed E-state index contributed by atoms with van der Waals surface area (Å²) in [5, 5.41) is 8.94. The molecule has 0 unspecified atom stereocenters. The molecule has 0 atom stereocenters. The van der Waals surface area contributed by atoms with Crippen molar-refractivity contribution in [3.8, 4) is 6.07 Å². The second-order valence-electron chi connectivity index (χ2n) is 5.22. The Morgan fingerprint density at radius 2 is 1.90 bits per heavy atom. The van der Waals surface area contributed by atoms with Crippen molar-refractivity contribution in [2.24, 2.45) is 0 Å². The van der Waals surface area contributed by atoms with Crippen LogP contribution in [0, 0.1) is 11.3 Å². The minimum atomic E-state index is 0.480. The van der Waals surface area contributed by atoms with Crippen molar-refractivity contribution >= 4 is 11.5 Å². The first-order chi connectivity index (χ1) is 10.4. The van der Waals surface area contributed by atoms with Gasteiger partial charge in [0.15, 0.2) is 0 Å². The molecule has 1 aromatic carbocycles. The van der Waals surface area contributed by atoms with Gasteiger partial charge in [0.2, 0.25) is 0 Å². The molecule has 106 valence electrons. The van der Waals surface area contributed by atoms with Gasteiger partial charge in [0.25, 0.3) is 0 Å². The molecule has 0 aliphatic heterocycles. The number of para-hydroxylation sites is 1. The van der Waals surface area contributed by atoms with E-state index in [-0.39, 0.29) is 0 Å². The summed E-state index contributed by atoms with van der Waals surface area (Å²) in [6, 6.07) is 12.4. The van der Waals surface area contributed by atoms with Gasteiger partial charge in [0.1, 0.15) is 12.1 Å². The molecule has 2 aromatic rings. The first-order valence-corrected chi connectivity index (χ1v) is 7.42. The Bertz CT molecular complexity index is 646. The number of fused-ring (bicyclic) bond motifs is 1. The van der Waals surface area contributed by atoms with E-state index in [0.29, 0.717) is 13.0 Å². The summed E-state index contributed by atoms with van der Waals surface area (Å²) in [5.41, 5.74) is 3.51. The number of nitriles is 1. The van der Waals surface area contributed by atoms with Crippen LogP contribution in [0.2, 0.25) is 0 Å².